The number of benzene rings is 3. The first-order valence-electron chi connectivity index (χ1n) is 11.2. The molecular weight excluding hydrogens is 444 g/mol. The van der Waals surface area contributed by atoms with Crippen LogP contribution in [0.15, 0.2) is 78.6 Å². The number of aromatic nitrogens is 3. The zero-order valence-corrected chi connectivity index (χ0v) is 19.6. The Morgan fingerprint density at radius 1 is 0.886 bits per heavy atom. The zero-order chi connectivity index (χ0) is 23.9. The van der Waals surface area contributed by atoms with Crippen molar-refractivity contribution in [2.45, 2.75) is 12.1 Å². The first kappa shape index (κ1) is 21.1. The molecule has 0 bridgehead atoms. The third kappa shape index (κ3) is 3.37. The van der Waals surface area contributed by atoms with Crippen LogP contribution in [0.25, 0.3) is 5.70 Å². The molecule has 8 heteroatoms. The minimum Gasteiger partial charge on any atom is -0.497 e. The van der Waals surface area contributed by atoms with Gasteiger partial charge in [-0.15, -0.1) is 0 Å². The van der Waals surface area contributed by atoms with Crippen molar-refractivity contribution in [3.8, 4) is 23.0 Å². The van der Waals surface area contributed by atoms with Crippen LogP contribution in [0, 0.1) is 0 Å². The fourth-order valence-electron chi connectivity index (χ4n) is 4.83. The summed E-state index contributed by atoms with van der Waals surface area (Å²) in [6.45, 7) is 0. The largest absolute Gasteiger partial charge is 0.497 e. The Labute approximate surface area is 202 Å². The first-order chi connectivity index (χ1) is 17.2. The summed E-state index contributed by atoms with van der Waals surface area (Å²) in [5, 5.41) is 8.09. The molecule has 0 fully saturated rings. The fourth-order valence-corrected chi connectivity index (χ4v) is 4.83. The number of nitrogens with zero attached hydrogens (tertiary/aromatic N) is 3. The third-order valence-electron chi connectivity index (χ3n) is 6.47. The number of rotatable bonds is 5. The smallest absolute Gasteiger partial charge is 0.226 e. The molecule has 0 saturated heterocycles. The van der Waals surface area contributed by atoms with Crippen molar-refractivity contribution in [1.29, 1.82) is 0 Å². The third-order valence-corrected chi connectivity index (χ3v) is 6.47. The van der Waals surface area contributed by atoms with Crippen molar-refractivity contribution >= 4 is 11.6 Å². The lowest BCUT2D eigenvalue weighted by atomic mass is 9.84. The molecule has 6 rings (SSSR count). The monoisotopic (exact) mass is 468 g/mol. The molecule has 2 unspecified atom stereocenters. The van der Waals surface area contributed by atoms with E-state index in [-0.39, 0.29) is 6.04 Å². The summed E-state index contributed by atoms with van der Waals surface area (Å²) in [5.74, 6) is 3.65. The van der Waals surface area contributed by atoms with Gasteiger partial charge in [-0.05, 0) is 48.0 Å². The molecule has 0 spiro atoms. The number of methoxy groups -OCH3 is 3. The standard InChI is InChI=1S/C27H24N4O4/c1-32-17-10-8-16(9-11-17)25-23-24(30-27-28-15-29-31(25)27)19-6-4-5-7-22(19)35-26(23)20-14-18(33-2)12-13-21(20)34-3/h4-15,25-26H,1-3H3,(H,28,29,30). The van der Waals surface area contributed by atoms with Crippen molar-refractivity contribution in [3.05, 3.63) is 95.3 Å². The second kappa shape index (κ2) is 8.39. The number of nitrogens with one attached hydrogen (secondary N) is 1. The van der Waals surface area contributed by atoms with Crippen molar-refractivity contribution in [2.24, 2.45) is 0 Å². The van der Waals surface area contributed by atoms with Crippen LogP contribution in [0.2, 0.25) is 0 Å². The second-order valence-electron chi connectivity index (χ2n) is 8.26. The van der Waals surface area contributed by atoms with E-state index < -0.39 is 6.10 Å². The fraction of sp³-hybridized carbons (Fsp3) is 0.185. The highest BCUT2D eigenvalue weighted by atomic mass is 16.5. The molecule has 1 N–H and O–H groups in total. The average Bonchev–Trinajstić information content (AvgIpc) is 3.39. The Hall–Kier alpha value is -4.46. The number of hydrogen-bond acceptors (Lipinski definition) is 7. The molecule has 0 radical (unpaired) electrons. The summed E-state index contributed by atoms with van der Waals surface area (Å²) < 4.78 is 25.3. The lowest BCUT2D eigenvalue weighted by molar-refractivity contribution is 0.217. The summed E-state index contributed by atoms with van der Waals surface area (Å²) in [7, 11) is 4.97. The second-order valence-corrected chi connectivity index (χ2v) is 8.26. The van der Waals surface area contributed by atoms with Crippen LogP contribution in [0.4, 0.5) is 5.95 Å². The molecule has 35 heavy (non-hydrogen) atoms. The number of anilines is 1. The Morgan fingerprint density at radius 2 is 1.66 bits per heavy atom. The normalized spacial score (nSPS) is 17.9. The van der Waals surface area contributed by atoms with E-state index in [1.54, 1.807) is 27.7 Å². The van der Waals surface area contributed by atoms with Gasteiger partial charge in [-0.25, -0.2) is 4.68 Å². The molecule has 0 aliphatic carbocycles. The van der Waals surface area contributed by atoms with Gasteiger partial charge >= 0.3 is 0 Å². The molecule has 3 heterocycles. The number of ether oxygens (including phenoxy) is 4. The minimum absolute atomic E-state index is 0.274. The molecule has 4 aromatic rings. The highest BCUT2D eigenvalue weighted by Crippen LogP contribution is 2.52. The van der Waals surface area contributed by atoms with Crippen LogP contribution < -0.4 is 24.3 Å². The molecule has 0 amide bonds. The Kier molecular flexibility index (Phi) is 5.06. The van der Waals surface area contributed by atoms with Gasteiger partial charge in [-0.2, -0.15) is 10.1 Å². The molecule has 2 aliphatic heterocycles. The van der Waals surface area contributed by atoms with Gasteiger partial charge in [0.1, 0.15) is 35.4 Å². The molecule has 3 aromatic carbocycles. The van der Waals surface area contributed by atoms with Gasteiger partial charge in [0, 0.05) is 16.7 Å². The lowest BCUT2D eigenvalue weighted by Gasteiger charge is -2.39. The predicted molar refractivity (Wildman–Crippen MR) is 131 cm³/mol. The predicted octanol–water partition coefficient (Wildman–Crippen LogP) is 4.86. The summed E-state index contributed by atoms with van der Waals surface area (Å²) >= 11 is 0. The summed E-state index contributed by atoms with van der Waals surface area (Å²) in [6, 6.07) is 21.5. The maximum atomic E-state index is 6.70. The van der Waals surface area contributed by atoms with Crippen molar-refractivity contribution < 1.29 is 18.9 Å². The highest BCUT2D eigenvalue weighted by molar-refractivity contribution is 5.85. The molecule has 1 aromatic heterocycles. The van der Waals surface area contributed by atoms with Crippen molar-refractivity contribution in [3.63, 3.8) is 0 Å². The van der Waals surface area contributed by atoms with Crippen LogP contribution >= 0.6 is 0 Å². The maximum Gasteiger partial charge on any atom is 0.226 e. The number of hydrogen-bond donors (Lipinski definition) is 1. The van der Waals surface area contributed by atoms with E-state index in [0.717, 1.165) is 45.2 Å². The van der Waals surface area contributed by atoms with Gasteiger partial charge < -0.3 is 24.3 Å². The Morgan fingerprint density at radius 3 is 2.43 bits per heavy atom. The van der Waals surface area contributed by atoms with E-state index >= 15 is 0 Å². The van der Waals surface area contributed by atoms with Gasteiger partial charge in [-0.3, -0.25) is 0 Å². The average molecular weight is 469 g/mol. The topological polar surface area (TPSA) is 79.7 Å². The molecule has 0 saturated carbocycles. The van der Waals surface area contributed by atoms with E-state index in [1.807, 2.05) is 71.4 Å². The molecule has 2 atom stereocenters. The summed E-state index contributed by atoms with van der Waals surface area (Å²) in [4.78, 5) is 4.49. The van der Waals surface area contributed by atoms with Crippen LogP contribution in [0.5, 0.6) is 23.0 Å². The number of fused-ring (bicyclic) bond motifs is 3. The molecule has 176 valence electrons. The van der Waals surface area contributed by atoms with E-state index in [9.17, 15) is 0 Å². The lowest BCUT2D eigenvalue weighted by Crippen LogP contribution is -2.32. The van der Waals surface area contributed by atoms with Crippen LogP contribution in [0.3, 0.4) is 0 Å². The quantitative estimate of drug-likeness (QED) is 0.448. The van der Waals surface area contributed by atoms with Crippen LogP contribution in [0.1, 0.15) is 28.8 Å². The van der Waals surface area contributed by atoms with Gasteiger partial charge in [0.25, 0.3) is 0 Å². The molecular formula is C27H24N4O4. The van der Waals surface area contributed by atoms with E-state index in [4.69, 9.17) is 18.9 Å². The van der Waals surface area contributed by atoms with Gasteiger partial charge in [0.05, 0.1) is 27.0 Å². The van der Waals surface area contributed by atoms with Crippen LogP contribution in [-0.2, 0) is 0 Å². The zero-order valence-electron chi connectivity index (χ0n) is 19.6. The SMILES string of the molecule is COc1ccc(C2C3=C(Nc4ncnn42)c2ccccc2OC3c2cc(OC)ccc2OC)cc1. The Bertz CT molecular complexity index is 1430. The highest BCUT2D eigenvalue weighted by Gasteiger charge is 2.42. The van der Waals surface area contributed by atoms with E-state index in [0.29, 0.717) is 11.7 Å². The number of para-hydroxylation sites is 1. The molecule has 8 nitrogen and oxygen atoms in total. The van der Waals surface area contributed by atoms with Gasteiger partial charge in [0.2, 0.25) is 5.95 Å². The van der Waals surface area contributed by atoms with E-state index in [2.05, 4.69) is 15.4 Å². The summed E-state index contributed by atoms with van der Waals surface area (Å²) in [5.41, 5.74) is 4.80. The molecule has 2 aliphatic rings. The summed E-state index contributed by atoms with van der Waals surface area (Å²) in [6.07, 6.45) is 1.09. The van der Waals surface area contributed by atoms with Gasteiger partial charge in [-0.1, -0.05) is 24.3 Å². The van der Waals surface area contributed by atoms with E-state index in [1.165, 1.54) is 0 Å². The Balaban J connectivity index is 1.62. The maximum absolute atomic E-state index is 6.70. The van der Waals surface area contributed by atoms with Crippen molar-refractivity contribution in [1.82, 2.24) is 14.8 Å². The van der Waals surface area contributed by atoms with Gasteiger partial charge in [0.15, 0.2) is 6.10 Å². The minimum atomic E-state index is -0.470. The first-order valence-corrected chi connectivity index (χ1v) is 11.2. The van der Waals surface area contributed by atoms with Crippen molar-refractivity contribution in [2.75, 3.05) is 26.6 Å². The van der Waals surface area contributed by atoms with Crippen LogP contribution in [-0.4, -0.2) is 36.1 Å².